The van der Waals surface area contributed by atoms with Gasteiger partial charge in [-0.25, -0.2) is 23.2 Å². The third-order valence-corrected chi connectivity index (χ3v) is 9.16. The third kappa shape index (κ3) is 6.45. The van der Waals surface area contributed by atoms with Crippen LogP contribution in [0, 0.1) is 25.5 Å². The smallest absolute Gasteiger partial charge is 0.324 e. The SMILES string of the molecule is Cc1ccc(-n2nc(C3(C)CCCCC3)cc2NC(=O)Nc2cnc(N3CCN(C(=O)c4c(F)cccc4F)CC3)c(C)c2)cc1. The first kappa shape index (κ1) is 31.2. The van der Waals surface area contributed by atoms with Gasteiger partial charge in [-0.2, -0.15) is 5.10 Å². The van der Waals surface area contributed by atoms with Crippen molar-refractivity contribution in [3.05, 3.63) is 94.8 Å². The number of carbonyl (C=O) groups is 2. The molecule has 1 saturated heterocycles. The molecule has 2 aromatic heterocycles. The Morgan fingerprint density at radius 1 is 0.870 bits per heavy atom. The van der Waals surface area contributed by atoms with E-state index in [0.29, 0.717) is 37.7 Å². The lowest BCUT2D eigenvalue weighted by Crippen LogP contribution is -2.49. The highest BCUT2D eigenvalue weighted by atomic mass is 19.1. The quantitative estimate of drug-likeness (QED) is 0.240. The van der Waals surface area contributed by atoms with E-state index in [4.69, 9.17) is 5.10 Å². The Morgan fingerprint density at radius 3 is 2.20 bits per heavy atom. The molecule has 2 aromatic carbocycles. The van der Waals surface area contributed by atoms with Gasteiger partial charge in [-0.3, -0.25) is 10.1 Å². The fraction of sp³-hybridized carbons (Fsp3) is 0.371. The highest BCUT2D eigenvalue weighted by Gasteiger charge is 2.33. The third-order valence-electron chi connectivity index (χ3n) is 9.16. The monoisotopic (exact) mass is 627 g/mol. The van der Waals surface area contributed by atoms with E-state index in [1.54, 1.807) is 10.9 Å². The van der Waals surface area contributed by atoms with Gasteiger partial charge in [0.25, 0.3) is 5.91 Å². The largest absolute Gasteiger partial charge is 0.353 e. The molecule has 1 aliphatic carbocycles. The van der Waals surface area contributed by atoms with Crippen LogP contribution in [0.5, 0.6) is 0 Å². The maximum Gasteiger partial charge on any atom is 0.324 e. The van der Waals surface area contributed by atoms with Crippen LogP contribution in [0.15, 0.2) is 60.8 Å². The van der Waals surface area contributed by atoms with Gasteiger partial charge in [-0.15, -0.1) is 0 Å². The highest BCUT2D eigenvalue weighted by molar-refractivity contribution is 5.99. The van der Waals surface area contributed by atoms with Crippen LogP contribution < -0.4 is 15.5 Å². The van der Waals surface area contributed by atoms with Gasteiger partial charge in [0, 0.05) is 37.7 Å². The molecule has 4 aromatic rings. The van der Waals surface area contributed by atoms with Crippen molar-refractivity contribution in [2.75, 3.05) is 41.7 Å². The number of hydrogen-bond acceptors (Lipinski definition) is 5. The Labute approximate surface area is 267 Å². The van der Waals surface area contributed by atoms with Crippen LogP contribution in [0.25, 0.3) is 5.69 Å². The van der Waals surface area contributed by atoms with Crippen LogP contribution in [0.2, 0.25) is 0 Å². The maximum absolute atomic E-state index is 14.2. The molecule has 1 aliphatic heterocycles. The first-order chi connectivity index (χ1) is 22.1. The molecule has 240 valence electrons. The summed E-state index contributed by atoms with van der Waals surface area (Å²) in [5.41, 5.74) is 3.80. The lowest BCUT2D eigenvalue weighted by Gasteiger charge is -2.36. The molecule has 0 atom stereocenters. The van der Waals surface area contributed by atoms with Gasteiger partial charge in [0.2, 0.25) is 0 Å². The molecule has 6 rings (SSSR count). The number of nitrogens with zero attached hydrogens (tertiary/aromatic N) is 5. The summed E-state index contributed by atoms with van der Waals surface area (Å²) in [6.45, 7) is 7.69. The molecule has 2 N–H and O–H groups in total. The lowest BCUT2D eigenvalue weighted by molar-refractivity contribution is 0.0736. The summed E-state index contributed by atoms with van der Waals surface area (Å²) in [7, 11) is 0. The van der Waals surface area contributed by atoms with Gasteiger partial charge >= 0.3 is 6.03 Å². The van der Waals surface area contributed by atoms with E-state index in [0.717, 1.165) is 53.3 Å². The van der Waals surface area contributed by atoms with E-state index in [1.165, 1.54) is 30.2 Å². The average molecular weight is 628 g/mol. The normalized spacial score (nSPS) is 16.3. The Kier molecular flexibility index (Phi) is 8.75. The molecular weight excluding hydrogens is 588 g/mol. The van der Waals surface area contributed by atoms with Crippen molar-refractivity contribution >= 4 is 29.3 Å². The molecule has 0 unspecified atom stereocenters. The van der Waals surface area contributed by atoms with E-state index in [2.05, 4.69) is 22.5 Å². The topological polar surface area (TPSA) is 95.4 Å². The Bertz CT molecular complexity index is 1720. The summed E-state index contributed by atoms with van der Waals surface area (Å²) in [6.07, 6.45) is 7.30. The molecule has 11 heteroatoms. The molecular formula is C35H39F2N7O2. The first-order valence-corrected chi connectivity index (χ1v) is 15.8. The number of piperazine rings is 1. The zero-order chi connectivity index (χ0) is 32.4. The molecule has 9 nitrogen and oxygen atoms in total. The molecule has 3 heterocycles. The summed E-state index contributed by atoms with van der Waals surface area (Å²) >= 11 is 0. The van der Waals surface area contributed by atoms with E-state index in [-0.39, 0.29) is 5.41 Å². The Morgan fingerprint density at radius 2 is 1.54 bits per heavy atom. The Balaban J connectivity index is 1.12. The van der Waals surface area contributed by atoms with Crippen LogP contribution in [0.4, 0.5) is 30.9 Å². The molecule has 0 radical (unpaired) electrons. The van der Waals surface area contributed by atoms with Crippen molar-refractivity contribution in [2.24, 2.45) is 0 Å². The number of amides is 3. The van der Waals surface area contributed by atoms with E-state index >= 15 is 0 Å². The minimum Gasteiger partial charge on any atom is -0.353 e. The Hall–Kier alpha value is -4.80. The summed E-state index contributed by atoms with van der Waals surface area (Å²) in [5.74, 6) is -1.08. The van der Waals surface area contributed by atoms with Gasteiger partial charge in [0.1, 0.15) is 28.8 Å². The summed E-state index contributed by atoms with van der Waals surface area (Å²) in [6, 6.07) is 14.9. The number of hydrogen-bond donors (Lipinski definition) is 2. The predicted octanol–water partition coefficient (Wildman–Crippen LogP) is 6.99. The molecule has 2 fully saturated rings. The summed E-state index contributed by atoms with van der Waals surface area (Å²) < 4.78 is 30.1. The number of benzene rings is 2. The molecule has 0 spiro atoms. The van der Waals surface area contributed by atoms with Crippen molar-refractivity contribution in [1.29, 1.82) is 0 Å². The zero-order valence-electron chi connectivity index (χ0n) is 26.4. The van der Waals surface area contributed by atoms with Gasteiger partial charge < -0.3 is 15.1 Å². The summed E-state index contributed by atoms with van der Waals surface area (Å²) in [5, 5.41) is 10.9. The number of anilines is 3. The fourth-order valence-electron chi connectivity index (χ4n) is 6.46. The number of nitrogens with one attached hydrogen (secondary N) is 2. The van der Waals surface area contributed by atoms with Crippen molar-refractivity contribution in [1.82, 2.24) is 19.7 Å². The van der Waals surface area contributed by atoms with Gasteiger partial charge in [0.05, 0.1) is 23.3 Å². The highest BCUT2D eigenvalue weighted by Crippen LogP contribution is 2.39. The van der Waals surface area contributed by atoms with Gasteiger partial charge in [0.15, 0.2) is 0 Å². The zero-order valence-corrected chi connectivity index (χ0v) is 26.4. The predicted molar refractivity (Wildman–Crippen MR) is 175 cm³/mol. The molecule has 2 aliphatic rings. The van der Waals surface area contributed by atoms with Crippen molar-refractivity contribution in [2.45, 2.75) is 58.3 Å². The maximum atomic E-state index is 14.2. The van der Waals surface area contributed by atoms with Crippen LogP contribution in [0.3, 0.4) is 0 Å². The molecule has 46 heavy (non-hydrogen) atoms. The minimum atomic E-state index is -0.865. The standard InChI is InChI=1S/C35H39F2N7O2/c1-23-10-12-26(13-11-23)44-30(21-29(41-44)35(3)14-5-4-6-15-35)40-34(46)39-25-20-24(2)32(38-22-25)42-16-18-43(19-17-42)33(45)31-27(36)8-7-9-28(31)37/h7-13,20-22H,4-6,14-19H2,1-3H3,(H2,39,40,46). The second-order valence-electron chi connectivity index (χ2n) is 12.6. The first-order valence-electron chi connectivity index (χ1n) is 15.8. The van der Waals surface area contributed by atoms with E-state index in [1.807, 2.05) is 55.1 Å². The number of rotatable bonds is 6. The van der Waals surface area contributed by atoms with Gasteiger partial charge in [-0.05, 0) is 62.6 Å². The number of carbonyl (C=O) groups excluding carboxylic acids is 2. The van der Waals surface area contributed by atoms with E-state index in [9.17, 15) is 18.4 Å². The van der Waals surface area contributed by atoms with Crippen LogP contribution in [-0.4, -0.2) is 57.8 Å². The minimum absolute atomic E-state index is 0.0370. The molecule has 0 bridgehead atoms. The van der Waals surface area contributed by atoms with Crippen LogP contribution in [0.1, 0.15) is 66.2 Å². The lowest BCUT2D eigenvalue weighted by atomic mass is 9.73. The van der Waals surface area contributed by atoms with Crippen molar-refractivity contribution in [3.8, 4) is 5.69 Å². The van der Waals surface area contributed by atoms with Crippen molar-refractivity contribution in [3.63, 3.8) is 0 Å². The second kappa shape index (κ2) is 12.9. The van der Waals surface area contributed by atoms with Crippen LogP contribution in [-0.2, 0) is 5.41 Å². The number of halogens is 2. The summed E-state index contributed by atoms with van der Waals surface area (Å²) in [4.78, 5) is 34.1. The van der Waals surface area contributed by atoms with Crippen LogP contribution >= 0.6 is 0 Å². The molecule has 1 saturated carbocycles. The average Bonchev–Trinajstić information content (AvgIpc) is 3.46. The molecule has 3 amide bonds. The number of aromatic nitrogens is 3. The van der Waals surface area contributed by atoms with Gasteiger partial charge in [-0.1, -0.05) is 49.9 Å². The fourth-order valence-corrected chi connectivity index (χ4v) is 6.46. The number of pyridine rings is 1. The van der Waals surface area contributed by atoms with E-state index < -0.39 is 29.1 Å². The number of aryl methyl sites for hydroxylation is 2. The second-order valence-corrected chi connectivity index (χ2v) is 12.6. The van der Waals surface area contributed by atoms with Crippen molar-refractivity contribution < 1.29 is 18.4 Å². The number of urea groups is 1.